The first-order chi connectivity index (χ1) is 27.8. The summed E-state index contributed by atoms with van der Waals surface area (Å²) in [5.41, 5.74) is 7.93. The van der Waals surface area contributed by atoms with Crippen molar-refractivity contribution < 1.29 is 38.1 Å². The van der Waals surface area contributed by atoms with Crippen molar-refractivity contribution in [1.29, 1.82) is 0 Å². The number of methoxy groups -OCH3 is 4. The molecule has 0 radical (unpaired) electrons. The second kappa shape index (κ2) is 12.7. The number of amides is 1. The normalized spacial score (nSPS) is 35.4. The molecular weight excluding hydrogens is 737 g/mol. The predicted molar refractivity (Wildman–Crippen MR) is 218 cm³/mol. The van der Waals surface area contributed by atoms with Gasteiger partial charge >= 0.3 is 11.9 Å². The zero-order valence-corrected chi connectivity index (χ0v) is 35.4. The van der Waals surface area contributed by atoms with Crippen LogP contribution in [0.5, 0.6) is 11.5 Å². The molecule has 6 aliphatic heterocycles. The molecule has 12 nitrogen and oxygen atoms in total. The van der Waals surface area contributed by atoms with Gasteiger partial charge in [-0.1, -0.05) is 25.5 Å². The van der Waals surface area contributed by atoms with Gasteiger partial charge in [0.05, 0.1) is 64.0 Å². The van der Waals surface area contributed by atoms with Gasteiger partial charge in [0.25, 0.3) is 0 Å². The van der Waals surface area contributed by atoms with Crippen molar-refractivity contribution in [2.24, 2.45) is 36.6 Å². The average Bonchev–Trinajstić information content (AvgIpc) is 3.82. The molecular formula is C46H56N4O8. The number of carbonyl (C=O) groups excluding carboxylic acids is 3. The number of ether oxygens (including phenoxy) is 5. The Balaban J connectivity index is 1.21. The molecule has 1 spiro atoms. The molecule has 308 valence electrons. The number of likely N-dealkylation sites (tertiary alicyclic amines) is 1. The zero-order chi connectivity index (χ0) is 40.9. The molecule has 1 aromatic heterocycles. The molecule has 6 fully saturated rings. The molecule has 2 aliphatic carbocycles. The van der Waals surface area contributed by atoms with Crippen LogP contribution in [0.25, 0.3) is 22.0 Å². The number of nitrogens with zero attached hydrogens (tertiary/aromatic N) is 3. The van der Waals surface area contributed by atoms with Gasteiger partial charge < -0.3 is 38.5 Å². The van der Waals surface area contributed by atoms with E-state index >= 15 is 0 Å². The van der Waals surface area contributed by atoms with Crippen LogP contribution in [0.4, 0.5) is 5.69 Å². The summed E-state index contributed by atoms with van der Waals surface area (Å²) in [5, 5.41) is 5.03. The van der Waals surface area contributed by atoms with Crippen molar-refractivity contribution >= 4 is 34.4 Å². The topological polar surface area (TPSA) is 121 Å². The van der Waals surface area contributed by atoms with E-state index in [0.717, 1.165) is 82.5 Å². The fraction of sp³-hybridized carbons (Fsp3) is 0.587. The van der Waals surface area contributed by atoms with E-state index < -0.39 is 17.0 Å². The highest BCUT2D eigenvalue weighted by molar-refractivity contribution is 6.00. The van der Waals surface area contributed by atoms with Crippen molar-refractivity contribution in [3.8, 4) is 22.6 Å². The molecule has 2 aromatic carbocycles. The Kier molecular flexibility index (Phi) is 8.27. The van der Waals surface area contributed by atoms with Crippen LogP contribution < -0.4 is 14.8 Å². The summed E-state index contributed by atoms with van der Waals surface area (Å²) in [6.07, 6.45) is 4.41. The number of allylic oxidation sites excluding steroid dienone is 1. The average molecular weight is 793 g/mol. The Morgan fingerprint density at radius 3 is 2.43 bits per heavy atom. The number of anilines is 1. The van der Waals surface area contributed by atoms with Gasteiger partial charge in [0.15, 0.2) is 0 Å². The van der Waals surface area contributed by atoms with E-state index in [1.807, 2.05) is 25.8 Å². The van der Waals surface area contributed by atoms with Gasteiger partial charge in [0, 0.05) is 83.8 Å². The molecule has 3 aromatic rings. The molecule has 8 bridgehead atoms. The van der Waals surface area contributed by atoms with Crippen LogP contribution in [0.2, 0.25) is 0 Å². The number of piperidine rings is 1. The number of rotatable bonds is 6. The van der Waals surface area contributed by atoms with Crippen LogP contribution >= 0.6 is 0 Å². The fourth-order valence-electron chi connectivity index (χ4n) is 13.7. The van der Waals surface area contributed by atoms with Crippen LogP contribution in [-0.2, 0) is 41.1 Å². The first-order valence-corrected chi connectivity index (χ1v) is 21.1. The maximum absolute atomic E-state index is 14.1. The van der Waals surface area contributed by atoms with Crippen molar-refractivity contribution in [2.45, 2.75) is 89.1 Å². The molecule has 11 rings (SSSR count). The summed E-state index contributed by atoms with van der Waals surface area (Å²) >= 11 is 0. The summed E-state index contributed by atoms with van der Waals surface area (Å²) in [6, 6.07) is 6.02. The Hall–Kier alpha value is -4.55. The lowest BCUT2D eigenvalue weighted by Crippen LogP contribution is -2.63. The third-order valence-electron chi connectivity index (χ3n) is 16.0. The van der Waals surface area contributed by atoms with Crippen molar-refractivity contribution in [3.63, 3.8) is 0 Å². The van der Waals surface area contributed by atoms with Gasteiger partial charge in [-0.25, -0.2) is 0 Å². The molecule has 1 unspecified atom stereocenters. The highest BCUT2D eigenvalue weighted by atomic mass is 16.5. The van der Waals surface area contributed by atoms with E-state index in [1.54, 1.807) is 14.2 Å². The molecule has 12 heteroatoms. The fourth-order valence-corrected chi connectivity index (χ4v) is 13.7. The van der Waals surface area contributed by atoms with Gasteiger partial charge in [-0.05, 0) is 74.8 Å². The smallest absolute Gasteiger partial charge is 0.313 e. The highest BCUT2D eigenvalue weighted by Gasteiger charge is 2.74. The summed E-state index contributed by atoms with van der Waals surface area (Å²) in [4.78, 5) is 46.8. The molecule has 7 heterocycles. The van der Waals surface area contributed by atoms with E-state index in [2.05, 4.69) is 59.8 Å². The van der Waals surface area contributed by atoms with Gasteiger partial charge in [-0.3, -0.25) is 19.3 Å². The number of fused-ring (bicyclic) bond motifs is 7. The largest absolute Gasteiger partial charge is 0.496 e. The minimum atomic E-state index is -0.579. The minimum Gasteiger partial charge on any atom is -0.496 e. The standard InChI is InChI=1S/C46H56N4O8/c1-11-24-19-49-15-14-45-29-17-32(55-8)33(22(4)38(29)47-46(45,49)13-12-25(24)37(45)44(53)57-10)27-16-26-30(18-31(27)54-7)48(6)39-34(26)36(43(52)56-9)35-28-20-50(42(51)21(2)3)40(39)41(35)58-23(28)5/h11,16-18,21,23,25,28,35-37,40-41,47H,12-15,19-20H2,1-10H3/b24-11-/t23-,25-,28+,35-,36-,37-,40+,41-,45-,46-/m0/s1. The van der Waals surface area contributed by atoms with Crippen molar-refractivity contribution in [1.82, 2.24) is 14.4 Å². The first-order valence-electron chi connectivity index (χ1n) is 21.1. The number of esters is 2. The first kappa shape index (κ1) is 37.7. The van der Waals surface area contributed by atoms with Crippen molar-refractivity contribution in [2.75, 3.05) is 53.4 Å². The van der Waals surface area contributed by atoms with Gasteiger partial charge in [0.2, 0.25) is 5.91 Å². The molecule has 1 amide bonds. The number of aromatic nitrogens is 1. The second-order valence-electron chi connectivity index (χ2n) is 18.2. The molecule has 5 saturated heterocycles. The second-order valence-corrected chi connectivity index (χ2v) is 18.2. The lowest BCUT2D eigenvalue weighted by molar-refractivity contribution is -0.154. The number of aryl methyl sites for hydroxylation is 1. The van der Waals surface area contributed by atoms with Crippen molar-refractivity contribution in [3.05, 3.63) is 52.2 Å². The molecule has 8 aliphatic rings. The Labute approximate surface area is 340 Å². The molecule has 1 N–H and O–H groups in total. The number of nitrogens with one attached hydrogen (secondary N) is 1. The lowest BCUT2D eigenvalue weighted by atomic mass is 9.54. The van der Waals surface area contributed by atoms with Gasteiger partial charge in [-0.2, -0.15) is 0 Å². The maximum Gasteiger partial charge on any atom is 0.313 e. The van der Waals surface area contributed by atoms with Crippen LogP contribution in [0.3, 0.4) is 0 Å². The van der Waals surface area contributed by atoms with E-state index in [4.69, 9.17) is 23.7 Å². The number of hydrogen-bond donors (Lipinski definition) is 1. The minimum absolute atomic E-state index is 0.0234. The summed E-state index contributed by atoms with van der Waals surface area (Å²) < 4.78 is 32.7. The number of benzene rings is 2. The molecule has 11 atom stereocenters. The summed E-state index contributed by atoms with van der Waals surface area (Å²) in [5.74, 6) is -0.201. The van der Waals surface area contributed by atoms with Gasteiger partial charge in [-0.15, -0.1) is 0 Å². The van der Waals surface area contributed by atoms with Gasteiger partial charge in [0.1, 0.15) is 17.2 Å². The Morgan fingerprint density at radius 1 is 1.02 bits per heavy atom. The Morgan fingerprint density at radius 2 is 1.76 bits per heavy atom. The summed E-state index contributed by atoms with van der Waals surface area (Å²) in [6.45, 7) is 12.4. The zero-order valence-electron chi connectivity index (χ0n) is 35.4. The quantitative estimate of drug-likeness (QED) is 0.228. The third kappa shape index (κ3) is 4.35. The van der Waals surface area contributed by atoms with Crippen LogP contribution in [-0.4, -0.2) is 98.2 Å². The molecule has 1 saturated carbocycles. The van der Waals surface area contributed by atoms with E-state index in [-0.39, 0.29) is 65.7 Å². The third-order valence-corrected chi connectivity index (χ3v) is 16.0. The van der Waals surface area contributed by atoms with Crippen LogP contribution in [0, 0.1) is 36.5 Å². The SMILES string of the molecule is C/C=C1/CN2CC[C@@]34c5cc(OC)c(-c6cc7c8c(n(C)c7cc6OC)[C@@H]6[C@H]7O[C@@H](C)[C@@H](CN6C(=O)C(C)C)[C@H]7[C@H]8C(=O)OC)c(C)c5N[C@@]23CC[C@@H]1[C@H]4C(=O)OC. The highest BCUT2D eigenvalue weighted by Crippen LogP contribution is 2.69. The number of carbonyl (C=O) groups is 3. The van der Waals surface area contributed by atoms with E-state index in [0.29, 0.717) is 18.0 Å². The predicted octanol–water partition coefficient (Wildman–Crippen LogP) is 6.22. The van der Waals surface area contributed by atoms with E-state index in [1.165, 1.54) is 19.8 Å². The summed E-state index contributed by atoms with van der Waals surface area (Å²) in [7, 11) is 8.38. The van der Waals surface area contributed by atoms with E-state index in [9.17, 15) is 14.4 Å². The lowest BCUT2D eigenvalue weighted by Gasteiger charge is -2.51. The number of hydrogen-bond acceptors (Lipinski definition) is 10. The maximum atomic E-state index is 14.1. The Bertz CT molecular complexity index is 2350. The van der Waals surface area contributed by atoms with Crippen LogP contribution in [0.1, 0.15) is 81.3 Å². The molecule has 58 heavy (non-hydrogen) atoms. The monoisotopic (exact) mass is 792 g/mol. The van der Waals surface area contributed by atoms with Crippen LogP contribution in [0.15, 0.2) is 29.8 Å².